The number of rotatable bonds is 9. The van der Waals surface area contributed by atoms with Crippen molar-refractivity contribution >= 4 is 7.12 Å². The van der Waals surface area contributed by atoms with Crippen LogP contribution in [0.3, 0.4) is 0 Å². The van der Waals surface area contributed by atoms with Crippen LogP contribution in [0.2, 0.25) is 5.82 Å². The van der Waals surface area contributed by atoms with E-state index in [1.165, 1.54) is 0 Å². The molecule has 0 bridgehead atoms. The molecule has 1 saturated carbocycles. The molecule has 0 spiro atoms. The maximum Gasteiger partial charge on any atom is 0.461 e. The first kappa shape index (κ1) is 28.9. The van der Waals surface area contributed by atoms with Gasteiger partial charge in [0.1, 0.15) is 23.4 Å². The lowest BCUT2D eigenvalue weighted by Gasteiger charge is -2.47. The Hall–Kier alpha value is -3.22. The Morgan fingerprint density at radius 1 is 0.548 bits per heavy atom. The molecule has 4 aromatic rings. The highest BCUT2D eigenvalue weighted by Gasteiger charge is 2.66. The number of ether oxygens (including phenoxy) is 2. The predicted octanol–water partition coefficient (Wildman–Crippen LogP) is 7.88. The molecule has 2 aliphatic rings. The third kappa shape index (κ3) is 4.83. The molecule has 4 aromatic carbocycles. The van der Waals surface area contributed by atoms with E-state index in [2.05, 4.69) is 118 Å². The van der Waals surface area contributed by atoms with E-state index in [1.807, 2.05) is 24.3 Å². The van der Waals surface area contributed by atoms with Crippen LogP contribution in [0, 0.1) is 11.3 Å². The first-order chi connectivity index (χ1) is 20.4. The fraction of sp³-hybridized carbons (Fsp3) is 0.351. The summed E-state index contributed by atoms with van der Waals surface area (Å²) >= 11 is 0. The molecule has 0 amide bonds. The fourth-order valence-electron chi connectivity index (χ4n) is 7.23. The van der Waals surface area contributed by atoms with E-state index < -0.39 is 30.5 Å². The second-order valence-corrected chi connectivity index (χ2v) is 12.7. The van der Waals surface area contributed by atoms with Crippen molar-refractivity contribution in [3.8, 4) is 0 Å². The quantitative estimate of drug-likeness (QED) is 0.195. The van der Waals surface area contributed by atoms with Gasteiger partial charge in [-0.3, -0.25) is 0 Å². The highest BCUT2D eigenvalue weighted by molar-refractivity contribution is 6.48. The van der Waals surface area contributed by atoms with E-state index in [1.54, 1.807) is 14.2 Å². The Morgan fingerprint density at radius 3 is 1.10 bits per heavy atom. The lowest BCUT2D eigenvalue weighted by Crippen LogP contribution is -2.56. The van der Waals surface area contributed by atoms with Crippen molar-refractivity contribution in [2.45, 2.75) is 56.4 Å². The van der Waals surface area contributed by atoms with Gasteiger partial charge in [-0.1, -0.05) is 142 Å². The monoisotopic (exact) mass is 560 g/mol. The topological polar surface area (TPSA) is 36.9 Å². The number of benzene rings is 4. The van der Waals surface area contributed by atoms with Crippen molar-refractivity contribution in [1.82, 2.24) is 0 Å². The molecule has 1 aliphatic heterocycles. The van der Waals surface area contributed by atoms with Gasteiger partial charge in [0, 0.05) is 14.2 Å². The molecule has 5 heteroatoms. The van der Waals surface area contributed by atoms with Gasteiger partial charge in [-0.15, -0.1) is 0 Å². The van der Waals surface area contributed by atoms with Crippen LogP contribution in [-0.2, 0) is 30.0 Å². The minimum atomic E-state index is -0.971. The molecule has 1 saturated heterocycles. The van der Waals surface area contributed by atoms with Crippen LogP contribution in [0.4, 0.5) is 0 Å². The Bertz CT molecular complexity index is 1260. The molecular weight excluding hydrogens is 519 g/mol. The highest BCUT2D eigenvalue weighted by atomic mass is 16.7. The molecule has 0 aromatic heterocycles. The number of methoxy groups -OCH3 is 2. The summed E-state index contributed by atoms with van der Waals surface area (Å²) in [6, 6.07) is 41.6. The normalized spacial score (nSPS) is 22.7. The lowest BCUT2D eigenvalue weighted by molar-refractivity contribution is -0.136. The summed E-state index contributed by atoms with van der Waals surface area (Å²) in [5, 5.41) is 0. The van der Waals surface area contributed by atoms with Crippen LogP contribution in [0.1, 0.15) is 49.4 Å². The summed E-state index contributed by atoms with van der Waals surface area (Å²) in [7, 11) is 3.16. The van der Waals surface area contributed by atoms with Gasteiger partial charge >= 0.3 is 7.12 Å². The summed E-state index contributed by atoms with van der Waals surface area (Å²) < 4.78 is 27.9. The molecule has 1 aliphatic carbocycles. The van der Waals surface area contributed by atoms with E-state index in [9.17, 15) is 0 Å². The Balaban J connectivity index is 1.59. The molecule has 4 atom stereocenters. The average molecular weight is 561 g/mol. The smallest absolute Gasteiger partial charge is 0.402 e. The first-order valence-electron chi connectivity index (χ1n) is 15.0. The van der Waals surface area contributed by atoms with Gasteiger partial charge in [0.2, 0.25) is 0 Å². The highest BCUT2D eigenvalue weighted by Crippen LogP contribution is 2.60. The maximum atomic E-state index is 7.21. The zero-order valence-electron chi connectivity index (χ0n) is 25.3. The zero-order valence-corrected chi connectivity index (χ0v) is 25.3. The molecular formula is C37H41BO4. The second-order valence-electron chi connectivity index (χ2n) is 12.7. The van der Waals surface area contributed by atoms with Gasteiger partial charge in [-0.05, 0) is 45.8 Å². The van der Waals surface area contributed by atoms with Crippen molar-refractivity contribution in [2.24, 2.45) is 11.3 Å². The van der Waals surface area contributed by atoms with Crippen molar-refractivity contribution < 1.29 is 18.8 Å². The molecule has 42 heavy (non-hydrogen) atoms. The van der Waals surface area contributed by atoms with Gasteiger partial charge in [-0.2, -0.15) is 0 Å². The van der Waals surface area contributed by atoms with Crippen LogP contribution in [0.15, 0.2) is 121 Å². The molecule has 216 valence electrons. The Kier molecular flexibility index (Phi) is 7.88. The molecule has 2 fully saturated rings. The van der Waals surface area contributed by atoms with Gasteiger partial charge in [-0.25, -0.2) is 0 Å². The van der Waals surface area contributed by atoms with Gasteiger partial charge < -0.3 is 18.8 Å². The molecule has 6 rings (SSSR count). The van der Waals surface area contributed by atoms with Crippen molar-refractivity contribution in [1.29, 1.82) is 0 Å². The summed E-state index contributed by atoms with van der Waals surface area (Å²) in [5.74, 6) is 0.803. The first-order valence-corrected chi connectivity index (χ1v) is 15.0. The molecule has 0 N–H and O–H groups in total. The summed E-state index contributed by atoms with van der Waals surface area (Å²) in [6.45, 7) is 6.92. The lowest BCUT2D eigenvalue weighted by atomic mass is 9.71. The number of hydrogen-bond acceptors (Lipinski definition) is 4. The fourth-order valence-corrected chi connectivity index (χ4v) is 7.23. The van der Waals surface area contributed by atoms with E-state index in [-0.39, 0.29) is 5.41 Å². The SMILES string of the molecule is COC(c1ccccc1)(c1ccccc1)[C@@H]1OB([C@H]2C[C@@H]2C(C)(C)C)O[C@H]1C(OC)(c1ccccc1)c1ccccc1. The summed E-state index contributed by atoms with van der Waals surface area (Å²) in [5.41, 5.74) is 2.25. The minimum absolute atomic E-state index is 0.166. The molecule has 1 heterocycles. The van der Waals surface area contributed by atoms with Gasteiger partial charge in [0.25, 0.3) is 0 Å². The van der Waals surface area contributed by atoms with E-state index in [0.29, 0.717) is 11.7 Å². The molecule has 4 nitrogen and oxygen atoms in total. The molecule has 0 unspecified atom stereocenters. The molecule has 0 radical (unpaired) electrons. The third-order valence-corrected chi connectivity index (χ3v) is 9.39. The third-order valence-electron chi connectivity index (χ3n) is 9.39. The van der Waals surface area contributed by atoms with Crippen LogP contribution in [0.25, 0.3) is 0 Å². The predicted molar refractivity (Wildman–Crippen MR) is 168 cm³/mol. The van der Waals surface area contributed by atoms with Crippen LogP contribution < -0.4 is 0 Å². The summed E-state index contributed by atoms with van der Waals surface area (Å²) in [4.78, 5) is 0. The summed E-state index contributed by atoms with van der Waals surface area (Å²) in [6.07, 6.45) is -0.0151. The maximum absolute atomic E-state index is 7.21. The van der Waals surface area contributed by atoms with Crippen LogP contribution >= 0.6 is 0 Å². The van der Waals surface area contributed by atoms with E-state index in [0.717, 1.165) is 28.7 Å². The van der Waals surface area contributed by atoms with E-state index in [4.69, 9.17) is 18.8 Å². The van der Waals surface area contributed by atoms with Gasteiger partial charge in [0.15, 0.2) is 0 Å². The number of hydrogen-bond donors (Lipinski definition) is 0. The van der Waals surface area contributed by atoms with Crippen LogP contribution in [-0.4, -0.2) is 33.5 Å². The average Bonchev–Trinajstić information content (AvgIpc) is 3.75. The standard InChI is InChI=1S/C37H41BO4/c1-35(2,3)31-26-32(31)38-41-33(36(39-4,27-18-10-6-11-19-27)28-20-12-7-13-21-28)34(42-38)37(40-5,29-22-14-8-15-23-29)30-24-16-9-17-25-30/h6-25,31-34H,26H2,1-5H3/t31-,32-,33+,34+/m0/s1. The Morgan fingerprint density at radius 2 is 0.857 bits per heavy atom. The van der Waals surface area contributed by atoms with Crippen molar-refractivity contribution in [3.63, 3.8) is 0 Å². The van der Waals surface area contributed by atoms with Crippen LogP contribution in [0.5, 0.6) is 0 Å². The van der Waals surface area contributed by atoms with Crippen molar-refractivity contribution in [2.75, 3.05) is 14.2 Å². The Labute approximate surface area is 251 Å². The largest absolute Gasteiger partial charge is 0.461 e. The van der Waals surface area contributed by atoms with Crippen molar-refractivity contribution in [3.05, 3.63) is 144 Å². The van der Waals surface area contributed by atoms with Gasteiger partial charge in [0.05, 0.1) is 0 Å². The zero-order chi connectivity index (χ0) is 29.4. The second kappa shape index (κ2) is 11.5. The minimum Gasteiger partial charge on any atom is -0.402 e. The van der Waals surface area contributed by atoms with E-state index >= 15 is 0 Å².